The van der Waals surface area contributed by atoms with Crippen molar-refractivity contribution in [3.05, 3.63) is 30.1 Å². The molecule has 0 spiro atoms. The Bertz CT molecular complexity index is 708. The smallest absolute Gasteiger partial charge is 0.224 e. The third-order valence-electron chi connectivity index (χ3n) is 6.55. The molecule has 4 rings (SSSR count). The Kier molecular flexibility index (Phi) is 6.37. The summed E-state index contributed by atoms with van der Waals surface area (Å²) < 4.78 is 20.0. The molecule has 0 aliphatic carbocycles. The molecule has 1 N–H and O–H groups in total. The molecule has 0 unspecified atom stereocenters. The van der Waals surface area contributed by atoms with E-state index in [4.69, 9.17) is 4.74 Å². The topological polar surface area (TPSA) is 48.1 Å². The van der Waals surface area contributed by atoms with Crippen LogP contribution in [0.15, 0.2) is 24.3 Å². The molecule has 3 heterocycles. The van der Waals surface area contributed by atoms with Crippen LogP contribution in [-0.4, -0.2) is 86.8 Å². The van der Waals surface area contributed by atoms with Crippen molar-refractivity contribution in [2.45, 2.75) is 49.9 Å². The van der Waals surface area contributed by atoms with Crippen molar-refractivity contribution in [1.29, 1.82) is 0 Å². The predicted molar refractivity (Wildman–Crippen MR) is 112 cm³/mol. The monoisotopic (exact) mass is 404 g/mol. The highest BCUT2D eigenvalue weighted by molar-refractivity contribution is 5.76. The Morgan fingerprint density at radius 3 is 2.69 bits per heavy atom. The normalized spacial score (nSPS) is 28.4. The molecule has 7 heteroatoms. The first-order valence-corrected chi connectivity index (χ1v) is 10.8. The summed E-state index contributed by atoms with van der Waals surface area (Å²) >= 11 is 0. The van der Waals surface area contributed by atoms with E-state index in [1.165, 1.54) is 6.07 Å². The molecule has 0 aromatic heterocycles. The number of hydrogen-bond donors (Lipinski definition) is 1. The number of anilines is 1. The van der Waals surface area contributed by atoms with Crippen LogP contribution in [0, 0.1) is 5.82 Å². The minimum Gasteiger partial charge on any atom is -0.375 e. The van der Waals surface area contributed by atoms with Crippen LogP contribution in [0.25, 0.3) is 0 Å². The summed E-state index contributed by atoms with van der Waals surface area (Å²) in [5, 5.41) is 3.84. The number of para-hydroxylation sites is 1. The molecule has 3 saturated heterocycles. The number of carbonyl (C=O) groups is 1. The SMILES string of the molecule is CN(C)C(=O)C[C@H]1CN2C[C@H](NC3CCN(c4ccccc4F)CC3)C[C@H]2CO1. The Morgan fingerprint density at radius 1 is 1.21 bits per heavy atom. The fourth-order valence-electron chi connectivity index (χ4n) is 4.89. The number of piperidine rings is 1. The van der Waals surface area contributed by atoms with Crippen LogP contribution < -0.4 is 10.2 Å². The number of nitrogens with zero attached hydrogens (tertiary/aromatic N) is 3. The third kappa shape index (κ3) is 4.90. The molecule has 29 heavy (non-hydrogen) atoms. The van der Waals surface area contributed by atoms with Gasteiger partial charge in [0.2, 0.25) is 5.91 Å². The number of fused-ring (bicyclic) bond motifs is 1. The molecular formula is C22H33FN4O2. The average Bonchev–Trinajstić information content (AvgIpc) is 3.10. The zero-order chi connectivity index (χ0) is 20.4. The first kappa shape index (κ1) is 20.6. The minimum atomic E-state index is -0.131. The molecule has 160 valence electrons. The van der Waals surface area contributed by atoms with Gasteiger partial charge in [-0.05, 0) is 31.4 Å². The van der Waals surface area contributed by atoms with Gasteiger partial charge in [-0.3, -0.25) is 9.69 Å². The van der Waals surface area contributed by atoms with Crippen LogP contribution in [0.4, 0.5) is 10.1 Å². The zero-order valence-electron chi connectivity index (χ0n) is 17.5. The minimum absolute atomic E-state index is 0.00362. The van der Waals surface area contributed by atoms with Crippen molar-refractivity contribution in [3.8, 4) is 0 Å². The fraction of sp³-hybridized carbons (Fsp3) is 0.682. The second-order valence-electron chi connectivity index (χ2n) is 8.87. The summed E-state index contributed by atoms with van der Waals surface area (Å²) in [5.74, 6) is -0.00202. The Labute approximate surface area is 173 Å². The largest absolute Gasteiger partial charge is 0.375 e. The summed E-state index contributed by atoms with van der Waals surface area (Å²) in [6, 6.07) is 8.46. The Balaban J connectivity index is 1.23. The standard InChI is InChI=1S/C22H33FN4O2/c1-25(2)22(28)12-19-14-27-13-17(11-18(27)15-29-19)24-16-7-9-26(10-8-16)21-6-4-3-5-20(21)23/h3-6,16-19,24H,7-15H2,1-2H3/t17-,18+,19+/m1/s1. The van der Waals surface area contributed by atoms with Gasteiger partial charge in [-0.1, -0.05) is 12.1 Å². The van der Waals surface area contributed by atoms with Crippen LogP contribution >= 0.6 is 0 Å². The number of halogens is 1. The van der Waals surface area contributed by atoms with Gasteiger partial charge in [-0.2, -0.15) is 0 Å². The number of benzene rings is 1. The van der Waals surface area contributed by atoms with Gasteiger partial charge in [-0.25, -0.2) is 4.39 Å². The van der Waals surface area contributed by atoms with Gasteiger partial charge in [0.25, 0.3) is 0 Å². The summed E-state index contributed by atoms with van der Waals surface area (Å²) in [5.41, 5.74) is 0.722. The van der Waals surface area contributed by atoms with E-state index < -0.39 is 0 Å². The van der Waals surface area contributed by atoms with Gasteiger partial charge in [0.05, 0.1) is 24.8 Å². The molecule has 3 aliphatic rings. The zero-order valence-corrected chi connectivity index (χ0v) is 17.5. The highest BCUT2D eigenvalue weighted by Gasteiger charge is 2.38. The van der Waals surface area contributed by atoms with Crippen molar-refractivity contribution >= 4 is 11.6 Å². The van der Waals surface area contributed by atoms with Crippen LogP contribution in [0.1, 0.15) is 25.7 Å². The molecule has 0 radical (unpaired) electrons. The lowest BCUT2D eigenvalue weighted by Crippen LogP contribution is -2.48. The highest BCUT2D eigenvalue weighted by atomic mass is 19.1. The lowest BCUT2D eigenvalue weighted by Gasteiger charge is -2.35. The summed E-state index contributed by atoms with van der Waals surface area (Å²) in [7, 11) is 3.59. The van der Waals surface area contributed by atoms with E-state index in [1.54, 1.807) is 25.1 Å². The second-order valence-corrected chi connectivity index (χ2v) is 8.87. The predicted octanol–water partition coefficient (Wildman–Crippen LogP) is 1.70. The Morgan fingerprint density at radius 2 is 1.97 bits per heavy atom. The number of morpholine rings is 1. The van der Waals surface area contributed by atoms with Gasteiger partial charge < -0.3 is 19.9 Å². The maximum atomic E-state index is 14.0. The molecule has 1 aromatic carbocycles. The molecular weight excluding hydrogens is 371 g/mol. The van der Waals surface area contributed by atoms with E-state index in [2.05, 4.69) is 15.1 Å². The Hall–Kier alpha value is -1.70. The van der Waals surface area contributed by atoms with Crippen molar-refractivity contribution < 1.29 is 13.9 Å². The number of nitrogens with one attached hydrogen (secondary N) is 1. The maximum absolute atomic E-state index is 14.0. The summed E-state index contributed by atoms with van der Waals surface area (Å²) in [6.07, 6.45) is 3.63. The maximum Gasteiger partial charge on any atom is 0.224 e. The molecule has 1 aromatic rings. The molecule has 3 atom stereocenters. The van der Waals surface area contributed by atoms with E-state index in [0.29, 0.717) is 24.5 Å². The van der Waals surface area contributed by atoms with E-state index >= 15 is 0 Å². The van der Waals surface area contributed by atoms with Gasteiger partial charge >= 0.3 is 0 Å². The molecule has 0 bridgehead atoms. The van der Waals surface area contributed by atoms with Crippen LogP contribution in [0.3, 0.4) is 0 Å². The average molecular weight is 405 g/mol. The third-order valence-corrected chi connectivity index (χ3v) is 6.55. The lowest BCUT2D eigenvalue weighted by atomic mass is 10.0. The van der Waals surface area contributed by atoms with E-state index in [9.17, 15) is 9.18 Å². The molecule has 3 aliphatic heterocycles. The van der Waals surface area contributed by atoms with Crippen LogP contribution in [0.2, 0.25) is 0 Å². The quantitative estimate of drug-likeness (QED) is 0.810. The van der Waals surface area contributed by atoms with Gasteiger partial charge in [0.15, 0.2) is 0 Å². The van der Waals surface area contributed by atoms with Gasteiger partial charge in [0, 0.05) is 58.4 Å². The van der Waals surface area contributed by atoms with Gasteiger partial charge in [0.1, 0.15) is 5.82 Å². The van der Waals surface area contributed by atoms with E-state index in [-0.39, 0.29) is 17.8 Å². The molecule has 0 saturated carbocycles. The number of amides is 1. The summed E-state index contributed by atoms with van der Waals surface area (Å²) in [6.45, 7) is 4.35. The first-order valence-electron chi connectivity index (χ1n) is 10.8. The lowest BCUT2D eigenvalue weighted by molar-refractivity contribution is -0.134. The number of hydrogen-bond acceptors (Lipinski definition) is 5. The molecule has 3 fully saturated rings. The first-order chi connectivity index (χ1) is 14.0. The number of rotatable bonds is 5. The van der Waals surface area contributed by atoms with Gasteiger partial charge in [-0.15, -0.1) is 0 Å². The second kappa shape index (κ2) is 8.98. The number of ether oxygens (including phenoxy) is 1. The van der Waals surface area contributed by atoms with E-state index in [0.717, 1.165) is 57.7 Å². The van der Waals surface area contributed by atoms with Crippen molar-refractivity contribution in [2.75, 3.05) is 51.8 Å². The van der Waals surface area contributed by atoms with Crippen LogP contribution in [-0.2, 0) is 9.53 Å². The van der Waals surface area contributed by atoms with Crippen molar-refractivity contribution in [1.82, 2.24) is 15.1 Å². The highest BCUT2D eigenvalue weighted by Crippen LogP contribution is 2.27. The molecule has 6 nitrogen and oxygen atoms in total. The fourth-order valence-corrected chi connectivity index (χ4v) is 4.89. The van der Waals surface area contributed by atoms with Crippen molar-refractivity contribution in [3.63, 3.8) is 0 Å². The summed E-state index contributed by atoms with van der Waals surface area (Å²) in [4.78, 5) is 18.3. The van der Waals surface area contributed by atoms with Crippen molar-refractivity contribution in [2.24, 2.45) is 0 Å². The van der Waals surface area contributed by atoms with E-state index in [1.807, 2.05) is 12.1 Å². The number of carbonyl (C=O) groups excluding carboxylic acids is 1. The van der Waals surface area contributed by atoms with Crippen LogP contribution in [0.5, 0.6) is 0 Å². The molecule has 1 amide bonds.